The van der Waals surface area contributed by atoms with Gasteiger partial charge in [0, 0.05) is 13.5 Å². The number of carbonyl (C=O) groups is 1. The van der Waals surface area contributed by atoms with Crippen molar-refractivity contribution in [3.05, 3.63) is 6.54 Å². The van der Waals surface area contributed by atoms with Gasteiger partial charge in [-0.1, -0.05) is 71.1 Å². The molecule has 0 rings (SSSR count). The monoisotopic (exact) mass is 240 g/mol. The Morgan fingerprint density at radius 3 is 1.82 bits per heavy atom. The summed E-state index contributed by atoms with van der Waals surface area (Å²) in [5.41, 5.74) is 0. The summed E-state index contributed by atoms with van der Waals surface area (Å²) in [6, 6.07) is 0. The molecule has 0 aliphatic heterocycles. The van der Waals surface area contributed by atoms with Crippen molar-refractivity contribution < 1.29 is 4.79 Å². The number of amides is 1. The van der Waals surface area contributed by atoms with Crippen LogP contribution in [0.25, 0.3) is 0 Å². The average molecular weight is 240 g/mol. The number of carbonyl (C=O) groups excluding carboxylic acids is 1. The Kier molecular flexibility index (Phi) is 13.1. The topological polar surface area (TPSA) is 29.1 Å². The van der Waals surface area contributed by atoms with E-state index in [0.29, 0.717) is 0 Å². The Bertz CT molecular complexity index is 168. The van der Waals surface area contributed by atoms with Gasteiger partial charge in [0.2, 0.25) is 5.91 Å². The average Bonchev–Trinajstić information content (AvgIpc) is 2.30. The highest BCUT2D eigenvalue weighted by Crippen LogP contribution is 2.11. The molecule has 0 saturated heterocycles. The third-order valence-corrected chi connectivity index (χ3v) is 3.01. The molecule has 2 heteroatoms. The number of unbranched alkanes of at least 4 members (excludes halogenated alkanes) is 10. The Balaban J connectivity index is 2.91. The second-order valence-electron chi connectivity index (χ2n) is 4.88. The standard InChI is InChI=1S/C15H30NO/c1-3-4-5-6-7-8-9-10-11-12-13-14-16-15(2)17/h14H,3-13H2,1-2H3,(H,16,17). The zero-order chi connectivity index (χ0) is 12.8. The lowest BCUT2D eigenvalue weighted by Gasteiger charge is -2.02. The SMILES string of the molecule is CCCCCCCCCCCC[CH]NC(C)=O. The van der Waals surface area contributed by atoms with Crippen LogP contribution in [-0.4, -0.2) is 5.91 Å². The first-order valence-corrected chi connectivity index (χ1v) is 7.36. The predicted octanol–water partition coefficient (Wildman–Crippen LogP) is 4.60. The number of nitrogens with one attached hydrogen (secondary N) is 1. The zero-order valence-corrected chi connectivity index (χ0v) is 11.8. The summed E-state index contributed by atoms with van der Waals surface area (Å²) in [4.78, 5) is 10.6. The lowest BCUT2D eigenvalue weighted by molar-refractivity contribution is -0.118. The first-order chi connectivity index (χ1) is 8.27. The second kappa shape index (κ2) is 13.5. The molecule has 101 valence electrons. The van der Waals surface area contributed by atoms with E-state index in [-0.39, 0.29) is 5.91 Å². The van der Waals surface area contributed by atoms with E-state index < -0.39 is 0 Å². The van der Waals surface area contributed by atoms with Crippen molar-refractivity contribution in [1.29, 1.82) is 0 Å². The largest absolute Gasteiger partial charge is 0.352 e. The molecule has 0 saturated carbocycles. The normalized spacial score (nSPS) is 10.5. The van der Waals surface area contributed by atoms with Crippen molar-refractivity contribution in [2.45, 2.75) is 84.5 Å². The summed E-state index contributed by atoms with van der Waals surface area (Å²) in [7, 11) is 0. The van der Waals surface area contributed by atoms with Crippen LogP contribution in [0.2, 0.25) is 0 Å². The molecule has 0 bridgehead atoms. The Labute approximate surface area is 108 Å². The van der Waals surface area contributed by atoms with Crippen molar-refractivity contribution >= 4 is 5.91 Å². The van der Waals surface area contributed by atoms with Crippen LogP contribution in [0.3, 0.4) is 0 Å². The molecule has 1 amide bonds. The van der Waals surface area contributed by atoms with E-state index >= 15 is 0 Å². The summed E-state index contributed by atoms with van der Waals surface area (Å²) in [5.74, 6) is 0.0390. The van der Waals surface area contributed by atoms with Crippen molar-refractivity contribution in [3.8, 4) is 0 Å². The molecule has 0 aromatic heterocycles. The molecule has 0 fully saturated rings. The summed E-state index contributed by atoms with van der Waals surface area (Å²) in [6.45, 7) is 5.69. The molecule has 1 radical (unpaired) electrons. The van der Waals surface area contributed by atoms with Gasteiger partial charge in [-0.25, -0.2) is 0 Å². The predicted molar refractivity (Wildman–Crippen MR) is 74.6 cm³/mol. The van der Waals surface area contributed by atoms with E-state index in [2.05, 4.69) is 12.2 Å². The van der Waals surface area contributed by atoms with E-state index in [1.54, 1.807) is 6.92 Å². The second-order valence-corrected chi connectivity index (χ2v) is 4.88. The van der Waals surface area contributed by atoms with Gasteiger partial charge in [0.25, 0.3) is 0 Å². The molecular weight excluding hydrogens is 210 g/mol. The smallest absolute Gasteiger partial charge is 0.217 e. The fourth-order valence-electron chi connectivity index (χ4n) is 1.95. The van der Waals surface area contributed by atoms with Crippen LogP contribution in [0, 0.1) is 6.54 Å². The molecule has 1 N–H and O–H groups in total. The maximum absolute atomic E-state index is 10.6. The van der Waals surface area contributed by atoms with E-state index in [0.717, 1.165) is 6.42 Å². The van der Waals surface area contributed by atoms with Gasteiger partial charge in [0.15, 0.2) is 0 Å². The van der Waals surface area contributed by atoms with Crippen LogP contribution >= 0.6 is 0 Å². The molecule has 0 aromatic carbocycles. The molecule has 0 unspecified atom stereocenters. The van der Waals surface area contributed by atoms with Crippen LogP contribution in [-0.2, 0) is 4.79 Å². The highest BCUT2D eigenvalue weighted by molar-refractivity contribution is 5.73. The van der Waals surface area contributed by atoms with Gasteiger partial charge in [-0.2, -0.15) is 0 Å². The molecule has 17 heavy (non-hydrogen) atoms. The molecule has 0 spiro atoms. The van der Waals surface area contributed by atoms with E-state index in [1.165, 1.54) is 64.2 Å². The molecular formula is C15H30NO. The lowest BCUT2D eigenvalue weighted by Crippen LogP contribution is -2.15. The highest BCUT2D eigenvalue weighted by atomic mass is 16.1. The molecule has 0 heterocycles. The fraction of sp³-hybridized carbons (Fsp3) is 0.867. The summed E-state index contributed by atoms with van der Waals surface area (Å²) >= 11 is 0. The van der Waals surface area contributed by atoms with Gasteiger partial charge < -0.3 is 5.32 Å². The molecule has 0 atom stereocenters. The summed E-state index contributed by atoms with van der Waals surface area (Å²) < 4.78 is 0. The number of hydrogen-bond acceptors (Lipinski definition) is 1. The van der Waals surface area contributed by atoms with Crippen LogP contribution in [0.4, 0.5) is 0 Å². The molecule has 0 aliphatic carbocycles. The Morgan fingerprint density at radius 1 is 0.882 bits per heavy atom. The van der Waals surface area contributed by atoms with Gasteiger partial charge in [0.05, 0.1) is 0 Å². The first kappa shape index (κ1) is 16.5. The Morgan fingerprint density at radius 2 is 1.35 bits per heavy atom. The zero-order valence-electron chi connectivity index (χ0n) is 11.8. The van der Waals surface area contributed by atoms with Crippen LogP contribution in [0.15, 0.2) is 0 Å². The maximum Gasteiger partial charge on any atom is 0.217 e. The molecule has 0 aliphatic rings. The number of rotatable bonds is 12. The van der Waals surface area contributed by atoms with Gasteiger partial charge in [-0.3, -0.25) is 4.79 Å². The van der Waals surface area contributed by atoms with Crippen molar-refractivity contribution in [2.75, 3.05) is 0 Å². The van der Waals surface area contributed by atoms with E-state index in [4.69, 9.17) is 0 Å². The van der Waals surface area contributed by atoms with Crippen molar-refractivity contribution in [3.63, 3.8) is 0 Å². The van der Waals surface area contributed by atoms with Crippen LogP contribution in [0.5, 0.6) is 0 Å². The first-order valence-electron chi connectivity index (χ1n) is 7.36. The van der Waals surface area contributed by atoms with Gasteiger partial charge >= 0.3 is 0 Å². The van der Waals surface area contributed by atoms with Crippen LogP contribution < -0.4 is 5.32 Å². The fourth-order valence-corrected chi connectivity index (χ4v) is 1.95. The summed E-state index contributed by atoms with van der Waals surface area (Å²) in [6.07, 6.45) is 14.6. The lowest BCUT2D eigenvalue weighted by atomic mass is 10.1. The van der Waals surface area contributed by atoms with Gasteiger partial charge in [-0.05, 0) is 6.42 Å². The third-order valence-electron chi connectivity index (χ3n) is 3.01. The van der Waals surface area contributed by atoms with Crippen molar-refractivity contribution in [1.82, 2.24) is 5.32 Å². The minimum Gasteiger partial charge on any atom is -0.352 e. The van der Waals surface area contributed by atoms with Gasteiger partial charge in [0.1, 0.15) is 0 Å². The molecule has 2 nitrogen and oxygen atoms in total. The third kappa shape index (κ3) is 15.5. The minimum absolute atomic E-state index is 0.0390. The highest BCUT2D eigenvalue weighted by Gasteiger charge is 1.94. The minimum atomic E-state index is 0.0390. The Hall–Kier alpha value is -0.530. The summed E-state index contributed by atoms with van der Waals surface area (Å²) in [5, 5.41) is 2.71. The van der Waals surface area contributed by atoms with E-state index in [1.807, 2.05) is 6.54 Å². The molecule has 0 aromatic rings. The van der Waals surface area contributed by atoms with E-state index in [9.17, 15) is 4.79 Å². The van der Waals surface area contributed by atoms with Crippen molar-refractivity contribution in [2.24, 2.45) is 0 Å². The quantitative estimate of drug-likeness (QED) is 0.496. The van der Waals surface area contributed by atoms with Crippen LogP contribution in [0.1, 0.15) is 84.5 Å². The van der Waals surface area contributed by atoms with Gasteiger partial charge in [-0.15, -0.1) is 0 Å². The number of hydrogen-bond donors (Lipinski definition) is 1. The maximum atomic E-state index is 10.6.